The predicted octanol–water partition coefficient (Wildman–Crippen LogP) is 3.97. The summed E-state index contributed by atoms with van der Waals surface area (Å²) >= 11 is 0. The highest BCUT2D eigenvalue weighted by Gasteiger charge is 2.41. The second-order valence-electron chi connectivity index (χ2n) is 9.19. The Balaban J connectivity index is 1.77. The fourth-order valence-corrected chi connectivity index (χ4v) is 5.15. The Bertz CT molecular complexity index is 1300. The van der Waals surface area contributed by atoms with Crippen LogP contribution in [-0.2, 0) is 19.1 Å². The van der Waals surface area contributed by atoms with Crippen LogP contribution in [0.1, 0.15) is 42.7 Å². The van der Waals surface area contributed by atoms with Gasteiger partial charge < -0.3 is 34.1 Å². The van der Waals surface area contributed by atoms with E-state index >= 15 is 0 Å². The summed E-state index contributed by atoms with van der Waals surface area (Å²) in [5.41, 5.74) is 3.81. The Kier molecular flexibility index (Phi) is 8.26. The minimum absolute atomic E-state index is 0.0344. The first kappa shape index (κ1) is 27.1. The number of allylic oxidation sites excluding steroid dienone is 3. The smallest absolute Gasteiger partial charge is 0.336 e. The van der Waals surface area contributed by atoms with E-state index < -0.39 is 11.9 Å². The van der Waals surface area contributed by atoms with E-state index in [9.17, 15) is 14.7 Å². The fourth-order valence-electron chi connectivity index (χ4n) is 5.15. The lowest BCUT2D eigenvalue weighted by molar-refractivity contribution is -0.140. The lowest BCUT2D eigenvalue weighted by Gasteiger charge is -2.37. The van der Waals surface area contributed by atoms with Gasteiger partial charge in [-0.25, -0.2) is 4.79 Å². The first-order valence-electron chi connectivity index (χ1n) is 12.3. The highest BCUT2D eigenvalue weighted by atomic mass is 16.6. The highest BCUT2D eigenvalue weighted by Crippen LogP contribution is 2.47. The monoisotopic (exact) mass is 523 g/mol. The average Bonchev–Trinajstić information content (AvgIpc) is 2.92. The molecule has 1 aliphatic heterocycles. The first-order chi connectivity index (χ1) is 18.3. The minimum atomic E-state index is -0.686. The van der Waals surface area contributed by atoms with E-state index in [1.165, 1.54) is 20.3 Å². The van der Waals surface area contributed by atoms with Gasteiger partial charge >= 0.3 is 5.97 Å². The van der Waals surface area contributed by atoms with E-state index in [1.807, 2.05) is 18.2 Å². The number of esters is 1. The molecule has 0 fully saturated rings. The Labute approximate surface area is 222 Å². The van der Waals surface area contributed by atoms with Crippen LogP contribution in [0, 0.1) is 0 Å². The Hall–Kier alpha value is -3.98. The number of carbonyl (C=O) groups is 2. The van der Waals surface area contributed by atoms with Gasteiger partial charge in [0.2, 0.25) is 0 Å². The van der Waals surface area contributed by atoms with Crippen LogP contribution in [0.5, 0.6) is 23.0 Å². The SMILES string of the molecule is COCCOC(=O)C1=C(C)NC2=C(C(=O)C[C@@H](c3ccc(OC)c(OC)c3)C2)[C@H]1c1ccc(O)c(OC)c1. The second kappa shape index (κ2) is 11.6. The summed E-state index contributed by atoms with van der Waals surface area (Å²) in [6, 6.07) is 10.5. The molecule has 1 aliphatic carbocycles. The number of phenols is 1. The van der Waals surface area contributed by atoms with Gasteiger partial charge in [0.25, 0.3) is 0 Å². The number of ether oxygens (including phenoxy) is 5. The van der Waals surface area contributed by atoms with Crippen molar-refractivity contribution in [3.05, 3.63) is 70.1 Å². The first-order valence-corrected chi connectivity index (χ1v) is 12.3. The molecule has 2 N–H and O–H groups in total. The molecule has 202 valence electrons. The normalized spacial score (nSPS) is 19.0. The molecule has 4 rings (SSSR count). The van der Waals surface area contributed by atoms with Gasteiger partial charge in [-0.15, -0.1) is 0 Å². The van der Waals surface area contributed by atoms with Crippen LogP contribution in [0.2, 0.25) is 0 Å². The van der Waals surface area contributed by atoms with Crippen LogP contribution in [0.25, 0.3) is 0 Å². The molecule has 0 radical (unpaired) electrons. The molecule has 2 aromatic rings. The second-order valence-corrected chi connectivity index (χ2v) is 9.19. The third kappa shape index (κ3) is 5.19. The summed E-state index contributed by atoms with van der Waals surface area (Å²) in [6.07, 6.45) is 0.818. The molecule has 38 heavy (non-hydrogen) atoms. The van der Waals surface area contributed by atoms with Gasteiger partial charge in [0.05, 0.1) is 33.5 Å². The predicted molar refractivity (Wildman–Crippen MR) is 140 cm³/mol. The Morgan fingerprint density at radius 2 is 1.61 bits per heavy atom. The molecule has 0 saturated heterocycles. The van der Waals surface area contributed by atoms with Crippen LogP contribution in [-0.4, -0.2) is 58.5 Å². The molecule has 0 unspecified atom stereocenters. The molecule has 2 aliphatic rings. The van der Waals surface area contributed by atoms with Gasteiger partial charge in [-0.2, -0.15) is 0 Å². The Morgan fingerprint density at radius 1 is 0.921 bits per heavy atom. The third-order valence-corrected chi connectivity index (χ3v) is 6.98. The van der Waals surface area contributed by atoms with E-state index in [4.69, 9.17) is 23.7 Å². The van der Waals surface area contributed by atoms with Gasteiger partial charge in [0.15, 0.2) is 28.8 Å². The van der Waals surface area contributed by atoms with Gasteiger partial charge in [-0.05, 0) is 54.7 Å². The van der Waals surface area contributed by atoms with Gasteiger partial charge in [0.1, 0.15) is 6.61 Å². The van der Waals surface area contributed by atoms with Gasteiger partial charge in [0, 0.05) is 36.4 Å². The molecule has 2 atom stereocenters. The lowest BCUT2D eigenvalue weighted by atomic mass is 9.71. The van der Waals surface area contributed by atoms with Crippen molar-refractivity contribution in [2.75, 3.05) is 41.7 Å². The molecule has 9 nitrogen and oxygen atoms in total. The van der Waals surface area contributed by atoms with E-state index in [-0.39, 0.29) is 42.8 Å². The van der Waals surface area contributed by atoms with Crippen LogP contribution in [0.15, 0.2) is 58.9 Å². The number of rotatable bonds is 9. The zero-order valence-electron chi connectivity index (χ0n) is 22.3. The molecule has 9 heteroatoms. The van der Waals surface area contributed by atoms with Crippen molar-refractivity contribution in [3.8, 4) is 23.0 Å². The van der Waals surface area contributed by atoms with E-state index in [2.05, 4.69) is 5.32 Å². The topological polar surface area (TPSA) is 113 Å². The molecular weight excluding hydrogens is 490 g/mol. The number of hydrogen-bond donors (Lipinski definition) is 2. The largest absolute Gasteiger partial charge is 0.504 e. The van der Waals surface area contributed by atoms with Crippen molar-refractivity contribution in [1.82, 2.24) is 5.32 Å². The van der Waals surface area contributed by atoms with E-state index in [1.54, 1.807) is 33.3 Å². The van der Waals surface area contributed by atoms with E-state index in [0.29, 0.717) is 40.3 Å². The maximum Gasteiger partial charge on any atom is 0.336 e. The summed E-state index contributed by atoms with van der Waals surface area (Å²) in [5.74, 6) is 0.0371. The van der Waals surface area contributed by atoms with Crippen LogP contribution < -0.4 is 19.5 Å². The van der Waals surface area contributed by atoms with Crippen LogP contribution in [0.4, 0.5) is 0 Å². The number of Topliss-reactive ketones (excluding diaryl/α,β-unsaturated/α-hetero) is 1. The van der Waals surface area contributed by atoms with Gasteiger partial charge in [-0.1, -0.05) is 12.1 Å². The van der Waals surface area contributed by atoms with E-state index in [0.717, 1.165) is 11.3 Å². The summed E-state index contributed by atoms with van der Waals surface area (Å²) in [4.78, 5) is 27.1. The molecule has 0 bridgehead atoms. The number of carbonyl (C=O) groups excluding carboxylic acids is 2. The Morgan fingerprint density at radius 3 is 2.29 bits per heavy atom. The number of methoxy groups -OCH3 is 4. The standard InChI is InChI=1S/C29H33NO8/c1-16-26(29(33)38-11-10-34-2)27(18-6-8-21(31)24(15-18)36-4)28-20(30-16)12-19(13-22(28)32)17-7-9-23(35-3)25(14-17)37-5/h6-9,14-15,19,27,30-31H,10-13H2,1-5H3/t19-,27-/m0/s1. The maximum atomic E-state index is 13.8. The number of aromatic hydroxyl groups is 1. The third-order valence-electron chi connectivity index (χ3n) is 6.98. The summed E-state index contributed by atoms with van der Waals surface area (Å²) < 4.78 is 26.6. The number of benzene rings is 2. The fraction of sp³-hybridized carbons (Fsp3) is 0.379. The van der Waals surface area contributed by atoms with Gasteiger partial charge in [-0.3, -0.25) is 4.79 Å². The molecule has 0 aromatic heterocycles. The van der Waals surface area contributed by atoms with Crippen molar-refractivity contribution in [2.24, 2.45) is 0 Å². The molecule has 2 aromatic carbocycles. The van der Waals surface area contributed by atoms with Crippen molar-refractivity contribution in [2.45, 2.75) is 31.6 Å². The summed E-state index contributed by atoms with van der Waals surface area (Å²) in [7, 11) is 6.14. The number of hydrogen-bond acceptors (Lipinski definition) is 9. The molecule has 0 amide bonds. The van der Waals surface area contributed by atoms with Crippen LogP contribution in [0.3, 0.4) is 0 Å². The summed E-state index contributed by atoms with van der Waals surface area (Å²) in [5, 5.41) is 13.5. The zero-order valence-corrected chi connectivity index (χ0v) is 22.3. The number of phenolic OH excluding ortho intramolecular Hbond substituents is 1. The van der Waals surface area contributed by atoms with Crippen molar-refractivity contribution >= 4 is 11.8 Å². The van der Waals surface area contributed by atoms with Crippen molar-refractivity contribution < 1.29 is 38.4 Å². The minimum Gasteiger partial charge on any atom is -0.504 e. The van der Waals surface area contributed by atoms with Crippen molar-refractivity contribution in [1.29, 1.82) is 0 Å². The molecule has 0 spiro atoms. The summed E-state index contributed by atoms with van der Waals surface area (Å²) in [6.45, 7) is 2.13. The quantitative estimate of drug-likeness (QED) is 0.372. The molecule has 0 saturated carbocycles. The highest BCUT2D eigenvalue weighted by molar-refractivity contribution is 6.04. The maximum absolute atomic E-state index is 13.8. The number of nitrogens with one attached hydrogen (secondary N) is 1. The van der Waals surface area contributed by atoms with Crippen LogP contribution >= 0.6 is 0 Å². The average molecular weight is 524 g/mol. The molecular formula is C29H33NO8. The molecule has 1 heterocycles. The van der Waals surface area contributed by atoms with Crippen molar-refractivity contribution in [3.63, 3.8) is 0 Å². The number of ketones is 1. The lowest BCUT2D eigenvalue weighted by Crippen LogP contribution is -2.36. The number of dihydropyridines is 1. The zero-order chi connectivity index (χ0) is 27.4.